The van der Waals surface area contributed by atoms with Gasteiger partial charge in [0, 0.05) is 15.9 Å². The summed E-state index contributed by atoms with van der Waals surface area (Å²) in [7, 11) is 0. The Kier molecular flexibility index (Phi) is 3.73. The molecular weight excluding hydrogens is 317 g/mol. The highest BCUT2D eigenvalue weighted by molar-refractivity contribution is 9.08. The van der Waals surface area contributed by atoms with Crippen LogP contribution in [0.2, 0.25) is 5.02 Å². The Balaban J connectivity index is 2.36. The van der Waals surface area contributed by atoms with Crippen molar-refractivity contribution in [3.63, 3.8) is 0 Å². The maximum absolute atomic E-state index is 12.3. The van der Waals surface area contributed by atoms with Gasteiger partial charge in [0.2, 0.25) is 5.89 Å². The molecule has 2 aromatic rings. The molecule has 0 fully saturated rings. The molecule has 1 heterocycles. The van der Waals surface area contributed by atoms with Crippen molar-refractivity contribution < 1.29 is 13.2 Å². The van der Waals surface area contributed by atoms with Crippen LogP contribution in [0.3, 0.4) is 0 Å². The molecule has 0 radical (unpaired) electrons. The molecule has 1 aromatic carbocycles. The Morgan fingerprint density at radius 1 is 1.35 bits per heavy atom. The number of benzene rings is 1. The summed E-state index contributed by atoms with van der Waals surface area (Å²) in [4.78, 5) is 0. The Morgan fingerprint density at radius 3 is 2.65 bits per heavy atom. The van der Waals surface area contributed by atoms with Crippen molar-refractivity contribution in [3.8, 4) is 11.5 Å². The minimum absolute atomic E-state index is 0.0309. The van der Waals surface area contributed by atoms with E-state index in [2.05, 4.69) is 26.1 Å². The van der Waals surface area contributed by atoms with E-state index in [0.29, 0.717) is 15.9 Å². The Bertz CT molecular complexity index is 533. The van der Waals surface area contributed by atoms with Crippen LogP contribution in [0.15, 0.2) is 22.6 Å². The summed E-state index contributed by atoms with van der Waals surface area (Å²) in [5.41, 5.74) is 1.41. The molecule has 0 N–H and O–H groups in total. The molecule has 0 amide bonds. The second-order valence-corrected chi connectivity index (χ2v) is 4.15. The molecular formula is C10H6BrClF2N2O. The van der Waals surface area contributed by atoms with Gasteiger partial charge in [0.1, 0.15) is 0 Å². The van der Waals surface area contributed by atoms with Crippen molar-refractivity contribution in [1.29, 1.82) is 0 Å². The molecule has 0 saturated heterocycles. The van der Waals surface area contributed by atoms with E-state index in [4.69, 9.17) is 16.0 Å². The summed E-state index contributed by atoms with van der Waals surface area (Å²) in [6, 6.07) is 5.05. The van der Waals surface area contributed by atoms with Gasteiger partial charge in [-0.25, -0.2) is 0 Å². The van der Waals surface area contributed by atoms with Gasteiger partial charge in [-0.2, -0.15) is 8.78 Å². The second kappa shape index (κ2) is 5.10. The van der Waals surface area contributed by atoms with Crippen LogP contribution >= 0.6 is 27.5 Å². The highest BCUT2D eigenvalue weighted by atomic mass is 79.9. The van der Waals surface area contributed by atoms with Gasteiger partial charge in [-0.15, -0.1) is 10.2 Å². The van der Waals surface area contributed by atoms with E-state index in [0.717, 1.165) is 5.56 Å². The third-order valence-electron chi connectivity index (χ3n) is 2.07. The average Bonchev–Trinajstić information content (AvgIpc) is 2.78. The number of halogens is 4. The normalized spacial score (nSPS) is 11.1. The molecule has 0 bridgehead atoms. The summed E-state index contributed by atoms with van der Waals surface area (Å²) in [6.45, 7) is 0. The number of alkyl halides is 3. The zero-order valence-corrected chi connectivity index (χ0v) is 10.7. The molecule has 0 spiro atoms. The average molecular weight is 324 g/mol. The fourth-order valence-electron chi connectivity index (χ4n) is 1.23. The quantitative estimate of drug-likeness (QED) is 0.794. The lowest BCUT2D eigenvalue weighted by molar-refractivity contribution is 0.116. The first kappa shape index (κ1) is 12.4. The van der Waals surface area contributed by atoms with E-state index in [1.807, 2.05) is 0 Å². The highest BCUT2D eigenvalue weighted by Gasteiger charge is 2.17. The van der Waals surface area contributed by atoms with Crippen molar-refractivity contribution in [2.24, 2.45) is 0 Å². The number of aromatic nitrogens is 2. The summed E-state index contributed by atoms with van der Waals surface area (Å²) < 4.78 is 29.3. The van der Waals surface area contributed by atoms with Gasteiger partial charge < -0.3 is 4.42 Å². The predicted octanol–water partition coefficient (Wildman–Crippen LogP) is 4.22. The molecule has 3 nitrogen and oxygen atoms in total. The van der Waals surface area contributed by atoms with E-state index >= 15 is 0 Å². The number of hydrogen-bond acceptors (Lipinski definition) is 3. The minimum Gasteiger partial charge on any atom is -0.415 e. The van der Waals surface area contributed by atoms with Gasteiger partial charge in [0.25, 0.3) is 5.89 Å². The van der Waals surface area contributed by atoms with Crippen molar-refractivity contribution in [1.82, 2.24) is 10.2 Å². The second-order valence-electron chi connectivity index (χ2n) is 3.19. The number of nitrogens with zero attached hydrogens (tertiary/aromatic N) is 2. The van der Waals surface area contributed by atoms with E-state index in [1.54, 1.807) is 18.2 Å². The first-order valence-electron chi connectivity index (χ1n) is 4.58. The molecule has 0 unspecified atom stereocenters. The highest BCUT2D eigenvalue weighted by Crippen LogP contribution is 2.27. The standard InChI is InChI=1S/C10H6BrClF2N2O/c11-4-6-2-1-5(3-7(6)12)9-15-16-10(17-9)8(13)14/h1-3,8H,4H2. The summed E-state index contributed by atoms with van der Waals surface area (Å²) in [5, 5.41) is 7.90. The van der Waals surface area contributed by atoms with Crippen LogP contribution in [0.4, 0.5) is 8.78 Å². The minimum atomic E-state index is -2.77. The summed E-state index contributed by atoms with van der Waals surface area (Å²) in [5.74, 6) is -0.663. The van der Waals surface area contributed by atoms with Gasteiger partial charge in [0.15, 0.2) is 0 Å². The lowest BCUT2D eigenvalue weighted by Crippen LogP contribution is -1.83. The molecule has 2 rings (SSSR count). The van der Waals surface area contributed by atoms with E-state index in [-0.39, 0.29) is 5.89 Å². The largest absolute Gasteiger partial charge is 0.415 e. The zero-order valence-electron chi connectivity index (χ0n) is 8.33. The summed E-state index contributed by atoms with van der Waals surface area (Å²) in [6.07, 6.45) is -2.77. The van der Waals surface area contributed by atoms with Crippen molar-refractivity contribution in [2.75, 3.05) is 0 Å². The van der Waals surface area contributed by atoms with E-state index in [9.17, 15) is 8.78 Å². The van der Waals surface area contributed by atoms with Crippen LogP contribution < -0.4 is 0 Å². The first-order chi connectivity index (χ1) is 8.11. The van der Waals surface area contributed by atoms with Crippen LogP contribution in [0.5, 0.6) is 0 Å². The maximum atomic E-state index is 12.3. The molecule has 0 aliphatic heterocycles. The van der Waals surface area contributed by atoms with Gasteiger partial charge in [-0.1, -0.05) is 33.6 Å². The van der Waals surface area contributed by atoms with Crippen LogP contribution in [-0.2, 0) is 5.33 Å². The van der Waals surface area contributed by atoms with Crippen LogP contribution in [-0.4, -0.2) is 10.2 Å². The molecule has 0 aliphatic rings. The maximum Gasteiger partial charge on any atom is 0.314 e. The first-order valence-corrected chi connectivity index (χ1v) is 6.08. The van der Waals surface area contributed by atoms with Crippen LogP contribution in [0, 0.1) is 0 Å². The number of hydrogen-bond donors (Lipinski definition) is 0. The SMILES string of the molecule is FC(F)c1nnc(-c2ccc(CBr)c(Cl)c2)o1. The molecule has 0 atom stereocenters. The lowest BCUT2D eigenvalue weighted by Gasteiger charge is -2.01. The molecule has 90 valence electrons. The van der Waals surface area contributed by atoms with E-state index in [1.165, 1.54) is 0 Å². The smallest absolute Gasteiger partial charge is 0.314 e. The van der Waals surface area contributed by atoms with Crippen molar-refractivity contribution in [3.05, 3.63) is 34.7 Å². The monoisotopic (exact) mass is 322 g/mol. The molecule has 17 heavy (non-hydrogen) atoms. The fraction of sp³-hybridized carbons (Fsp3) is 0.200. The van der Waals surface area contributed by atoms with Crippen molar-refractivity contribution >= 4 is 27.5 Å². The van der Waals surface area contributed by atoms with Crippen LogP contribution in [0.1, 0.15) is 17.9 Å². The predicted molar refractivity (Wildman–Crippen MR) is 62.3 cm³/mol. The molecule has 7 heteroatoms. The van der Waals surface area contributed by atoms with E-state index < -0.39 is 12.3 Å². The zero-order chi connectivity index (χ0) is 12.4. The molecule has 0 saturated carbocycles. The van der Waals surface area contributed by atoms with Gasteiger partial charge in [0.05, 0.1) is 0 Å². The van der Waals surface area contributed by atoms with Gasteiger partial charge in [-0.05, 0) is 17.7 Å². The fourth-order valence-corrected chi connectivity index (χ4v) is 2.13. The molecule has 0 aliphatic carbocycles. The Labute approximate surface area is 109 Å². The summed E-state index contributed by atoms with van der Waals surface area (Å²) >= 11 is 9.26. The number of rotatable bonds is 3. The van der Waals surface area contributed by atoms with Gasteiger partial charge in [-0.3, -0.25) is 0 Å². The van der Waals surface area contributed by atoms with Crippen LogP contribution in [0.25, 0.3) is 11.5 Å². The molecule has 1 aromatic heterocycles. The topological polar surface area (TPSA) is 38.9 Å². The Morgan fingerprint density at radius 2 is 2.12 bits per heavy atom. The van der Waals surface area contributed by atoms with Gasteiger partial charge >= 0.3 is 6.43 Å². The van der Waals surface area contributed by atoms with Crippen molar-refractivity contribution in [2.45, 2.75) is 11.8 Å². The third-order valence-corrected chi connectivity index (χ3v) is 3.03. The third kappa shape index (κ3) is 2.63. The Hall–Kier alpha value is -1.01. The lowest BCUT2D eigenvalue weighted by atomic mass is 10.1.